The molecule has 0 aromatic heterocycles. The number of benzene rings is 2. The minimum Gasteiger partial charge on any atom is -0.466 e. The largest absolute Gasteiger partial charge is 0.466 e. The van der Waals surface area contributed by atoms with E-state index < -0.39 is 21.0 Å². The van der Waals surface area contributed by atoms with Crippen LogP contribution >= 0.6 is 31.9 Å². The van der Waals surface area contributed by atoms with Crippen LogP contribution in [0.15, 0.2) is 75.7 Å². The highest BCUT2D eigenvalue weighted by Crippen LogP contribution is 2.37. The van der Waals surface area contributed by atoms with Gasteiger partial charge in [0.15, 0.2) is 0 Å². The number of allylic oxidation sites excluding steroid dienone is 2. The number of hydrogen-bond donors (Lipinski definition) is 0. The van der Waals surface area contributed by atoms with E-state index in [0.717, 1.165) is 20.2 Å². The predicted molar refractivity (Wildman–Crippen MR) is 141 cm³/mol. The highest BCUT2D eigenvalue weighted by molar-refractivity contribution is 9.10. The van der Waals surface area contributed by atoms with Crippen LogP contribution in [0.25, 0.3) is 0 Å². The van der Waals surface area contributed by atoms with Gasteiger partial charge in [-0.15, -0.1) is 0 Å². The molecule has 3 aliphatic rings. The van der Waals surface area contributed by atoms with Crippen molar-refractivity contribution >= 4 is 53.7 Å². The summed E-state index contributed by atoms with van der Waals surface area (Å²) in [5.41, 5.74) is 1.75. The van der Waals surface area contributed by atoms with Crippen LogP contribution in [0.2, 0.25) is 0 Å². The fourth-order valence-corrected chi connectivity index (χ4v) is 7.28. The second kappa shape index (κ2) is 9.72. The highest BCUT2D eigenvalue weighted by Gasteiger charge is 2.49. The topological polar surface area (TPSA) is 76.2 Å². The van der Waals surface area contributed by atoms with Crippen molar-refractivity contribution in [3.8, 4) is 5.75 Å². The number of ether oxygens (including phenoxy) is 2. The zero-order valence-electron chi connectivity index (χ0n) is 18.8. The zero-order chi connectivity index (χ0) is 24.6. The van der Waals surface area contributed by atoms with Crippen molar-refractivity contribution in [3.63, 3.8) is 0 Å². The average molecular weight is 624 g/mol. The lowest BCUT2D eigenvalue weighted by molar-refractivity contribution is 0.135. The molecule has 1 fully saturated rings. The summed E-state index contributed by atoms with van der Waals surface area (Å²) in [7, 11) is -3.87. The first kappa shape index (κ1) is 24.5. The first-order chi connectivity index (χ1) is 16.8. The third kappa shape index (κ3) is 4.69. The maximum Gasteiger partial charge on any atom is 0.414 e. The second-order valence-electron chi connectivity index (χ2n) is 8.69. The normalized spacial score (nSPS) is 23.1. The van der Waals surface area contributed by atoms with E-state index in [1.165, 1.54) is 4.31 Å². The Balaban J connectivity index is 1.36. The molecule has 10 heteroatoms. The number of sulfonamides is 1. The molecule has 1 aliphatic carbocycles. The van der Waals surface area contributed by atoms with Gasteiger partial charge in [0.2, 0.25) is 4.93 Å². The number of fused-ring (bicyclic) bond motifs is 1. The highest BCUT2D eigenvalue weighted by atomic mass is 79.9. The van der Waals surface area contributed by atoms with E-state index in [-0.39, 0.29) is 32.2 Å². The number of anilines is 1. The molecule has 0 spiro atoms. The van der Waals surface area contributed by atoms with Crippen LogP contribution in [-0.4, -0.2) is 42.9 Å². The molecule has 0 saturated carbocycles. The number of rotatable bonds is 5. The van der Waals surface area contributed by atoms with Crippen molar-refractivity contribution < 1.29 is 22.7 Å². The summed E-state index contributed by atoms with van der Waals surface area (Å²) in [4.78, 5) is 12.8. The van der Waals surface area contributed by atoms with E-state index >= 15 is 0 Å². The molecule has 0 N–H and O–H groups in total. The first-order valence-electron chi connectivity index (χ1n) is 11.3. The molecule has 2 aromatic rings. The molecule has 1 unspecified atom stereocenters. The molecular formula is C25H24Br2N2O5S. The van der Waals surface area contributed by atoms with Crippen LogP contribution in [0.1, 0.15) is 24.8 Å². The average Bonchev–Trinajstić information content (AvgIpc) is 2.86. The summed E-state index contributed by atoms with van der Waals surface area (Å²) in [6.07, 6.45) is 7.78. The number of carbonyl (C=O) groups excluding carboxylic acids is 1. The summed E-state index contributed by atoms with van der Waals surface area (Å²) >= 11 is 6.86. The predicted octanol–water partition coefficient (Wildman–Crippen LogP) is 5.75. The number of amides is 1. The molecule has 2 aromatic carbocycles. The molecule has 1 amide bonds. The van der Waals surface area contributed by atoms with E-state index in [1.807, 2.05) is 42.5 Å². The molecule has 1 saturated heterocycles. The van der Waals surface area contributed by atoms with E-state index in [1.54, 1.807) is 29.2 Å². The van der Waals surface area contributed by atoms with Crippen LogP contribution in [0, 0.1) is 0 Å². The molecule has 0 radical (unpaired) electrons. The number of carbonyl (C=O) groups is 1. The van der Waals surface area contributed by atoms with Gasteiger partial charge in [0, 0.05) is 40.1 Å². The van der Waals surface area contributed by atoms with Crippen LogP contribution in [0.4, 0.5) is 10.5 Å². The van der Waals surface area contributed by atoms with E-state index in [9.17, 15) is 13.2 Å². The third-order valence-electron chi connectivity index (χ3n) is 6.52. The summed E-state index contributed by atoms with van der Waals surface area (Å²) in [6.45, 7) is 0.796. The Bertz CT molecular complexity index is 1290. The second-order valence-corrected chi connectivity index (χ2v) is 12.7. The zero-order valence-corrected chi connectivity index (χ0v) is 22.8. The number of halogens is 2. The summed E-state index contributed by atoms with van der Waals surface area (Å²) < 4.78 is 42.7. The van der Waals surface area contributed by atoms with Crippen molar-refractivity contribution in [3.05, 3.63) is 81.3 Å². The van der Waals surface area contributed by atoms with Gasteiger partial charge in [-0.1, -0.05) is 50.1 Å². The number of hydrogen-bond acceptors (Lipinski definition) is 5. The van der Waals surface area contributed by atoms with Crippen molar-refractivity contribution in [2.45, 2.75) is 36.8 Å². The van der Waals surface area contributed by atoms with Crippen molar-refractivity contribution in [2.75, 3.05) is 18.0 Å². The lowest BCUT2D eigenvalue weighted by Gasteiger charge is -2.42. The lowest BCUT2D eigenvalue weighted by atomic mass is 10.0. The molecule has 35 heavy (non-hydrogen) atoms. The Morgan fingerprint density at radius 3 is 2.40 bits per heavy atom. The molecule has 1 atom stereocenters. The lowest BCUT2D eigenvalue weighted by Crippen LogP contribution is -2.56. The Kier molecular flexibility index (Phi) is 6.82. The van der Waals surface area contributed by atoms with Gasteiger partial charge in [-0.3, -0.25) is 4.90 Å². The maximum absolute atomic E-state index is 13.9. The Morgan fingerprint density at radius 1 is 1.00 bits per heavy atom. The summed E-state index contributed by atoms with van der Waals surface area (Å²) in [6, 6.07) is 12.7. The minimum absolute atomic E-state index is 0.153. The van der Waals surface area contributed by atoms with Gasteiger partial charge >= 0.3 is 6.09 Å². The van der Waals surface area contributed by atoms with Gasteiger partial charge in [0.25, 0.3) is 10.0 Å². The van der Waals surface area contributed by atoms with Crippen molar-refractivity contribution in [2.24, 2.45) is 0 Å². The van der Waals surface area contributed by atoms with Gasteiger partial charge in [0.05, 0.1) is 5.69 Å². The van der Waals surface area contributed by atoms with Crippen LogP contribution < -0.4 is 9.64 Å². The Hall–Kier alpha value is -2.14. The first-order valence-corrected chi connectivity index (χ1v) is 14.3. The summed E-state index contributed by atoms with van der Waals surface area (Å²) in [5.74, 6) is 0.477. The number of nitrogens with zero attached hydrogens (tertiary/aromatic N) is 2. The Morgan fingerprint density at radius 2 is 1.71 bits per heavy atom. The van der Waals surface area contributed by atoms with Gasteiger partial charge in [-0.25, -0.2) is 13.2 Å². The molecule has 5 rings (SSSR count). The molecular weight excluding hydrogens is 600 g/mol. The van der Waals surface area contributed by atoms with E-state index in [4.69, 9.17) is 9.47 Å². The molecule has 0 bridgehead atoms. The fourth-order valence-electron chi connectivity index (χ4n) is 4.72. The van der Waals surface area contributed by atoms with Gasteiger partial charge < -0.3 is 9.47 Å². The van der Waals surface area contributed by atoms with Crippen molar-refractivity contribution in [1.82, 2.24) is 4.31 Å². The van der Waals surface area contributed by atoms with E-state index in [2.05, 4.69) is 31.9 Å². The molecule has 184 valence electrons. The molecule has 2 aliphatic heterocycles. The maximum atomic E-state index is 13.9. The Labute approximate surface area is 221 Å². The van der Waals surface area contributed by atoms with Gasteiger partial charge in [-0.2, -0.15) is 4.31 Å². The van der Waals surface area contributed by atoms with Crippen LogP contribution in [0.3, 0.4) is 0 Å². The van der Waals surface area contributed by atoms with E-state index in [0.29, 0.717) is 18.6 Å². The molecule has 2 heterocycles. The standard InChI is InChI=1S/C25H24Br2N2O5S/c26-19-4-7-22(8-5-19)34-25(12-2-1-3-13-25)35(31,32)28-14-10-21(11-15-28)29-23-9-6-20(27)16-18(23)17-33-24(29)30/h1-9,12,16,21H,10-11,13-15,17H2. The summed E-state index contributed by atoms with van der Waals surface area (Å²) in [5, 5.41) is 0. The molecule has 7 nitrogen and oxygen atoms in total. The van der Waals surface area contributed by atoms with Crippen molar-refractivity contribution in [1.29, 1.82) is 0 Å². The van der Waals surface area contributed by atoms with Gasteiger partial charge in [0.1, 0.15) is 12.4 Å². The van der Waals surface area contributed by atoms with Gasteiger partial charge in [-0.05, 0) is 61.4 Å². The van der Waals surface area contributed by atoms with Crippen LogP contribution in [-0.2, 0) is 21.4 Å². The minimum atomic E-state index is -3.87. The third-order valence-corrected chi connectivity index (χ3v) is 9.84. The SMILES string of the molecule is O=C1OCc2cc(Br)ccc2N1C1CCN(S(=O)(=O)C2(Oc3ccc(Br)cc3)C=CC=CC2)CC1. The number of piperidine rings is 1. The van der Waals surface area contributed by atoms with Crippen LogP contribution in [0.5, 0.6) is 5.75 Å². The fraction of sp³-hybridized carbons (Fsp3) is 0.320. The monoisotopic (exact) mass is 622 g/mol. The smallest absolute Gasteiger partial charge is 0.414 e. The quantitative estimate of drug-likeness (QED) is 0.424. The number of cyclic esters (lactones) is 1.